The topological polar surface area (TPSA) is 137 Å². The van der Waals surface area contributed by atoms with Crippen molar-refractivity contribution in [1.29, 1.82) is 0 Å². The van der Waals surface area contributed by atoms with Gasteiger partial charge in [-0.15, -0.1) is 0 Å². The Kier molecular flexibility index (Phi) is 8.55. The molecule has 0 aromatic heterocycles. The fraction of sp³-hybridized carbons (Fsp3) is 0.714. The molecule has 0 spiro atoms. The zero-order valence-corrected chi connectivity index (χ0v) is 16.7. The summed E-state index contributed by atoms with van der Waals surface area (Å²) >= 11 is 16.5. The van der Waals surface area contributed by atoms with E-state index < -0.39 is 64.9 Å². The second kappa shape index (κ2) is 9.74. The maximum Gasteiger partial charge on any atom is 0.303 e. The van der Waals surface area contributed by atoms with Gasteiger partial charge in [0.05, 0.1) is 0 Å². The molecule has 1 heterocycles. The molecule has 1 aliphatic heterocycles. The molecule has 1 rings (SSSR count). The Morgan fingerprint density at radius 1 is 1.00 bits per heavy atom. The summed E-state index contributed by atoms with van der Waals surface area (Å²) in [4.78, 5) is 45.9. The molecule has 0 aromatic carbocycles. The van der Waals surface area contributed by atoms with E-state index in [1.165, 1.54) is 0 Å². The minimum absolute atomic E-state index is 0.423. The molecule has 1 aliphatic rings. The highest BCUT2D eigenvalue weighted by molar-refractivity contribution is 6.76. The van der Waals surface area contributed by atoms with Crippen LogP contribution in [0.3, 0.4) is 0 Å². The first kappa shape index (κ1) is 23.7. The molecule has 10 nitrogen and oxygen atoms in total. The number of ether oxygens (including phenoxy) is 4. The molecule has 0 bridgehead atoms. The first-order valence-corrected chi connectivity index (χ1v) is 8.65. The van der Waals surface area contributed by atoms with Gasteiger partial charge in [0, 0.05) is 20.8 Å². The minimum Gasteiger partial charge on any atom is -0.463 e. The summed E-state index contributed by atoms with van der Waals surface area (Å²) in [5, 5.41) is 12.4. The van der Waals surface area contributed by atoms with Crippen LogP contribution in [-0.2, 0) is 38.1 Å². The molecule has 0 aromatic rings. The molecule has 5 atom stereocenters. The van der Waals surface area contributed by atoms with E-state index >= 15 is 0 Å². The van der Waals surface area contributed by atoms with Crippen LogP contribution in [0.5, 0.6) is 0 Å². The molecular formula is C14H18Cl3NO9. The van der Waals surface area contributed by atoms with Crippen molar-refractivity contribution in [2.45, 2.75) is 55.2 Å². The number of alkyl halides is 3. The number of esters is 3. The first-order chi connectivity index (χ1) is 12.3. The maximum absolute atomic E-state index is 11.9. The lowest BCUT2D eigenvalue weighted by Gasteiger charge is -2.43. The average Bonchev–Trinajstić information content (AvgIpc) is 2.49. The lowest BCUT2D eigenvalue weighted by Crippen LogP contribution is -2.67. The molecule has 1 amide bonds. The third kappa shape index (κ3) is 7.30. The highest BCUT2D eigenvalue weighted by Gasteiger charge is 2.51. The van der Waals surface area contributed by atoms with Crippen LogP contribution in [0.4, 0.5) is 0 Å². The lowest BCUT2D eigenvalue weighted by molar-refractivity contribution is -0.264. The van der Waals surface area contributed by atoms with E-state index in [2.05, 4.69) is 5.32 Å². The molecule has 1 saturated heterocycles. The van der Waals surface area contributed by atoms with Crippen LogP contribution in [0.25, 0.3) is 0 Å². The SMILES string of the molecule is CC(=O)OC[C@H]1O[C@H](O)[C@H](NC(=O)C(Cl)(Cl)Cl)[C@@H](OC(C)=O)[C@@H]1OC(C)=O. The highest BCUT2D eigenvalue weighted by atomic mass is 35.6. The molecule has 154 valence electrons. The van der Waals surface area contributed by atoms with Crippen LogP contribution in [0.2, 0.25) is 0 Å². The van der Waals surface area contributed by atoms with Crippen LogP contribution in [0.1, 0.15) is 20.8 Å². The van der Waals surface area contributed by atoms with Crippen molar-refractivity contribution < 1.29 is 43.2 Å². The van der Waals surface area contributed by atoms with Crippen molar-refractivity contribution in [3.63, 3.8) is 0 Å². The van der Waals surface area contributed by atoms with Gasteiger partial charge in [-0.05, 0) is 0 Å². The number of rotatable bonds is 5. The predicted molar refractivity (Wildman–Crippen MR) is 90.8 cm³/mol. The minimum atomic E-state index is -2.38. The highest BCUT2D eigenvalue weighted by Crippen LogP contribution is 2.29. The van der Waals surface area contributed by atoms with Crippen LogP contribution < -0.4 is 5.32 Å². The number of nitrogens with one attached hydrogen (secondary N) is 1. The number of hydrogen-bond acceptors (Lipinski definition) is 9. The lowest BCUT2D eigenvalue weighted by atomic mass is 9.96. The second-order valence-electron chi connectivity index (χ2n) is 5.51. The Balaban J connectivity index is 3.18. The quantitative estimate of drug-likeness (QED) is 0.336. The first-order valence-electron chi connectivity index (χ1n) is 7.52. The summed E-state index contributed by atoms with van der Waals surface area (Å²) in [6.45, 7) is 2.84. The molecule has 0 aliphatic carbocycles. The van der Waals surface area contributed by atoms with Gasteiger partial charge in [0.1, 0.15) is 18.8 Å². The molecule has 1 fully saturated rings. The summed E-state index contributed by atoms with van der Waals surface area (Å²) in [6.07, 6.45) is -5.72. The van der Waals surface area contributed by atoms with Crippen molar-refractivity contribution in [2.75, 3.05) is 6.61 Å². The fourth-order valence-electron chi connectivity index (χ4n) is 2.31. The molecule has 27 heavy (non-hydrogen) atoms. The smallest absolute Gasteiger partial charge is 0.303 e. The van der Waals surface area contributed by atoms with E-state index in [0.29, 0.717) is 0 Å². The Labute approximate surface area is 169 Å². The van der Waals surface area contributed by atoms with Crippen molar-refractivity contribution in [3.05, 3.63) is 0 Å². The zero-order valence-electron chi connectivity index (χ0n) is 14.4. The van der Waals surface area contributed by atoms with Gasteiger partial charge in [-0.3, -0.25) is 19.2 Å². The molecule has 0 radical (unpaired) electrons. The molecular weight excluding hydrogens is 433 g/mol. The number of hydrogen-bond donors (Lipinski definition) is 2. The van der Waals surface area contributed by atoms with Gasteiger partial charge in [0.25, 0.3) is 9.70 Å². The number of aliphatic hydroxyl groups is 1. The summed E-state index contributed by atoms with van der Waals surface area (Å²) in [5.41, 5.74) is 0. The summed E-state index contributed by atoms with van der Waals surface area (Å²) < 4.78 is 17.9. The van der Waals surface area contributed by atoms with Crippen molar-refractivity contribution in [2.24, 2.45) is 0 Å². The Morgan fingerprint density at radius 3 is 1.96 bits per heavy atom. The van der Waals surface area contributed by atoms with Gasteiger partial charge in [-0.2, -0.15) is 0 Å². The van der Waals surface area contributed by atoms with E-state index in [-0.39, 0.29) is 0 Å². The summed E-state index contributed by atoms with van der Waals surface area (Å²) in [5.74, 6) is -3.40. The maximum atomic E-state index is 11.9. The zero-order chi connectivity index (χ0) is 20.9. The van der Waals surface area contributed by atoms with E-state index in [1.807, 2.05) is 0 Å². The summed E-state index contributed by atoms with van der Waals surface area (Å²) in [7, 11) is 0. The Morgan fingerprint density at radius 2 is 1.52 bits per heavy atom. The number of halogens is 3. The van der Waals surface area contributed by atoms with Crippen molar-refractivity contribution in [1.82, 2.24) is 5.32 Å². The van der Waals surface area contributed by atoms with E-state index in [0.717, 1.165) is 20.8 Å². The number of amides is 1. The largest absolute Gasteiger partial charge is 0.463 e. The van der Waals surface area contributed by atoms with Gasteiger partial charge in [0.2, 0.25) is 0 Å². The van der Waals surface area contributed by atoms with Gasteiger partial charge >= 0.3 is 17.9 Å². The van der Waals surface area contributed by atoms with E-state index in [1.54, 1.807) is 0 Å². The molecule has 13 heteroatoms. The normalized spacial score (nSPS) is 28.0. The van der Waals surface area contributed by atoms with E-state index in [9.17, 15) is 24.3 Å². The molecule has 0 unspecified atom stereocenters. The third-order valence-corrected chi connectivity index (χ3v) is 3.79. The third-order valence-electron chi connectivity index (χ3n) is 3.28. The molecule has 2 N–H and O–H groups in total. The van der Waals surface area contributed by atoms with Gasteiger partial charge in [0.15, 0.2) is 18.5 Å². The van der Waals surface area contributed by atoms with Crippen LogP contribution in [0.15, 0.2) is 0 Å². The second-order valence-corrected chi connectivity index (χ2v) is 7.79. The standard InChI is InChI=1S/C14H18Cl3NO9/c1-5(19)24-4-8-10(25-6(2)20)11(26-7(3)21)9(12(22)27-8)18-13(23)14(15,16)17/h8-12,22H,4H2,1-3H3,(H,18,23)/t8-,9-,10-,11-,12+/m1/s1. The Bertz CT molecular complexity index is 595. The van der Waals surface area contributed by atoms with Gasteiger partial charge in [-0.1, -0.05) is 34.8 Å². The number of carbonyl (C=O) groups excluding carboxylic acids is 4. The van der Waals surface area contributed by atoms with Crippen LogP contribution in [-0.4, -0.2) is 70.0 Å². The number of aliphatic hydroxyl groups excluding tert-OH is 1. The van der Waals surface area contributed by atoms with Crippen LogP contribution >= 0.6 is 34.8 Å². The Hall–Kier alpha value is -1.33. The van der Waals surface area contributed by atoms with Crippen molar-refractivity contribution >= 4 is 58.6 Å². The van der Waals surface area contributed by atoms with Gasteiger partial charge in [-0.25, -0.2) is 0 Å². The monoisotopic (exact) mass is 449 g/mol. The predicted octanol–water partition coefficient (Wildman–Crippen LogP) is -0.0149. The number of carbonyl (C=O) groups is 4. The van der Waals surface area contributed by atoms with E-state index in [4.69, 9.17) is 53.8 Å². The molecule has 0 saturated carbocycles. The van der Waals surface area contributed by atoms with Crippen molar-refractivity contribution in [3.8, 4) is 0 Å². The van der Waals surface area contributed by atoms with Crippen LogP contribution in [0, 0.1) is 0 Å². The average molecular weight is 451 g/mol. The van der Waals surface area contributed by atoms with Gasteiger partial charge < -0.3 is 29.4 Å². The summed E-state index contributed by atoms with van der Waals surface area (Å²) in [6, 6.07) is -1.45. The fourth-order valence-corrected chi connectivity index (χ4v) is 2.47.